The van der Waals surface area contributed by atoms with Gasteiger partial charge < -0.3 is 5.32 Å². The average molecular weight is 298 g/mol. The molecule has 6 heteroatoms. The molecular weight excluding hydrogens is 284 g/mol. The Morgan fingerprint density at radius 1 is 1.33 bits per heavy atom. The van der Waals surface area contributed by atoms with Gasteiger partial charge in [-0.15, -0.1) is 0 Å². The topological polar surface area (TPSA) is 59.8 Å². The van der Waals surface area contributed by atoms with Crippen molar-refractivity contribution in [2.75, 3.05) is 5.32 Å². The second-order valence-electron chi connectivity index (χ2n) is 4.67. The van der Waals surface area contributed by atoms with Crippen LogP contribution in [0.15, 0.2) is 48.8 Å². The molecule has 0 aliphatic heterocycles. The summed E-state index contributed by atoms with van der Waals surface area (Å²) in [5, 5.41) is 7.80. The molecule has 1 aromatic carbocycles. The van der Waals surface area contributed by atoms with Crippen LogP contribution in [0.2, 0.25) is 0 Å². The Labute approximate surface area is 126 Å². The number of carbonyl (C=O) groups is 1. The van der Waals surface area contributed by atoms with E-state index in [1.165, 1.54) is 11.5 Å². The number of hydrogen-bond donors (Lipinski definition) is 1. The van der Waals surface area contributed by atoms with E-state index in [0.717, 1.165) is 21.9 Å². The number of rotatable bonds is 4. The third-order valence-corrected chi connectivity index (χ3v) is 3.76. The number of benzene rings is 1. The summed E-state index contributed by atoms with van der Waals surface area (Å²) in [6.45, 7) is 1.90. The Morgan fingerprint density at radius 3 is 2.76 bits per heavy atom. The monoisotopic (exact) mass is 298 g/mol. The summed E-state index contributed by atoms with van der Waals surface area (Å²) in [7, 11) is 0. The highest BCUT2D eigenvalue weighted by Crippen LogP contribution is 2.16. The number of aryl methyl sites for hydroxylation is 1. The van der Waals surface area contributed by atoms with Crippen LogP contribution in [0.25, 0.3) is 5.69 Å². The minimum absolute atomic E-state index is 0.0366. The Balaban J connectivity index is 1.63. The largest absolute Gasteiger partial charge is 0.316 e. The minimum atomic E-state index is -0.0366. The lowest BCUT2D eigenvalue weighted by Gasteiger charge is -2.05. The van der Waals surface area contributed by atoms with Gasteiger partial charge in [0.25, 0.3) is 0 Å². The van der Waals surface area contributed by atoms with Gasteiger partial charge in [-0.25, -0.2) is 4.68 Å². The van der Waals surface area contributed by atoms with Gasteiger partial charge in [0.1, 0.15) is 5.00 Å². The molecule has 0 spiro atoms. The fourth-order valence-electron chi connectivity index (χ4n) is 1.98. The summed E-state index contributed by atoms with van der Waals surface area (Å²) >= 11 is 1.30. The molecule has 0 aliphatic rings. The molecule has 0 fully saturated rings. The van der Waals surface area contributed by atoms with Crippen molar-refractivity contribution in [3.8, 4) is 5.69 Å². The van der Waals surface area contributed by atoms with E-state index < -0.39 is 0 Å². The van der Waals surface area contributed by atoms with Crippen LogP contribution in [0.3, 0.4) is 0 Å². The summed E-state index contributed by atoms with van der Waals surface area (Å²) in [5.74, 6) is -0.0366. The summed E-state index contributed by atoms with van der Waals surface area (Å²) in [6.07, 6.45) is 3.96. The number of carbonyl (C=O) groups excluding carboxylic acids is 1. The van der Waals surface area contributed by atoms with E-state index >= 15 is 0 Å². The van der Waals surface area contributed by atoms with Gasteiger partial charge in [0.15, 0.2) is 0 Å². The highest BCUT2D eigenvalue weighted by Gasteiger charge is 2.06. The highest BCUT2D eigenvalue weighted by molar-refractivity contribution is 7.10. The second kappa shape index (κ2) is 5.88. The predicted molar refractivity (Wildman–Crippen MR) is 82.7 cm³/mol. The summed E-state index contributed by atoms with van der Waals surface area (Å²) in [4.78, 5) is 12.0. The maximum atomic E-state index is 12.0. The van der Waals surface area contributed by atoms with Crippen LogP contribution in [0, 0.1) is 6.92 Å². The van der Waals surface area contributed by atoms with E-state index in [0.29, 0.717) is 6.42 Å². The first-order chi connectivity index (χ1) is 10.2. The number of nitrogens with one attached hydrogen (secondary N) is 1. The second-order valence-corrected chi connectivity index (χ2v) is 5.48. The fraction of sp³-hybridized carbons (Fsp3) is 0.133. The Bertz CT molecular complexity index is 731. The van der Waals surface area contributed by atoms with E-state index in [4.69, 9.17) is 0 Å². The Hall–Kier alpha value is -2.47. The van der Waals surface area contributed by atoms with E-state index in [-0.39, 0.29) is 5.91 Å². The molecule has 0 radical (unpaired) electrons. The zero-order valence-electron chi connectivity index (χ0n) is 11.5. The number of amides is 1. The van der Waals surface area contributed by atoms with Crippen LogP contribution in [0.5, 0.6) is 0 Å². The standard InChI is InChI=1S/C15H14N4OS/c1-11-9-15(21-18-11)17-14(20)10-12-3-5-13(6-4-12)19-8-2-7-16-19/h2-9H,10H2,1H3,(H,17,20). The van der Waals surface area contributed by atoms with Gasteiger partial charge in [0, 0.05) is 12.4 Å². The average Bonchev–Trinajstić information content (AvgIpc) is 3.11. The number of aromatic nitrogens is 3. The number of hydrogen-bond acceptors (Lipinski definition) is 4. The molecule has 3 rings (SSSR count). The van der Waals surface area contributed by atoms with Gasteiger partial charge in [0.05, 0.1) is 17.8 Å². The molecule has 0 unspecified atom stereocenters. The van der Waals surface area contributed by atoms with Gasteiger partial charge in [-0.2, -0.15) is 9.47 Å². The van der Waals surface area contributed by atoms with Crippen molar-refractivity contribution in [1.82, 2.24) is 14.2 Å². The SMILES string of the molecule is Cc1cc(NC(=O)Cc2ccc(-n3cccn3)cc2)sn1. The molecule has 3 aromatic rings. The molecule has 2 aromatic heterocycles. The number of anilines is 1. The lowest BCUT2D eigenvalue weighted by Crippen LogP contribution is -2.13. The van der Waals surface area contributed by atoms with Gasteiger partial charge in [-0.1, -0.05) is 12.1 Å². The first kappa shape index (κ1) is 13.5. The van der Waals surface area contributed by atoms with Crippen LogP contribution >= 0.6 is 11.5 Å². The zero-order chi connectivity index (χ0) is 14.7. The van der Waals surface area contributed by atoms with Gasteiger partial charge in [-0.05, 0) is 48.3 Å². The maximum Gasteiger partial charge on any atom is 0.229 e. The molecule has 2 heterocycles. The molecule has 1 N–H and O–H groups in total. The van der Waals surface area contributed by atoms with Crippen molar-refractivity contribution in [2.24, 2.45) is 0 Å². The quantitative estimate of drug-likeness (QED) is 0.805. The summed E-state index contributed by atoms with van der Waals surface area (Å²) in [6, 6.07) is 11.5. The molecule has 21 heavy (non-hydrogen) atoms. The zero-order valence-corrected chi connectivity index (χ0v) is 12.3. The molecule has 5 nitrogen and oxygen atoms in total. The van der Waals surface area contributed by atoms with Crippen LogP contribution in [0.4, 0.5) is 5.00 Å². The summed E-state index contributed by atoms with van der Waals surface area (Å²) < 4.78 is 5.92. The van der Waals surface area contributed by atoms with Crippen molar-refractivity contribution >= 4 is 22.4 Å². The maximum absolute atomic E-state index is 12.0. The molecule has 0 atom stereocenters. The molecule has 0 saturated carbocycles. The van der Waals surface area contributed by atoms with Crippen LogP contribution in [-0.4, -0.2) is 20.1 Å². The van der Waals surface area contributed by atoms with Crippen molar-refractivity contribution in [3.63, 3.8) is 0 Å². The lowest BCUT2D eigenvalue weighted by molar-refractivity contribution is -0.115. The minimum Gasteiger partial charge on any atom is -0.316 e. The molecule has 0 aliphatic carbocycles. The molecular formula is C15H14N4OS. The van der Waals surface area contributed by atoms with E-state index in [2.05, 4.69) is 14.8 Å². The lowest BCUT2D eigenvalue weighted by atomic mass is 10.1. The van der Waals surface area contributed by atoms with E-state index in [1.54, 1.807) is 10.9 Å². The smallest absolute Gasteiger partial charge is 0.229 e. The highest BCUT2D eigenvalue weighted by atomic mass is 32.1. The first-order valence-electron chi connectivity index (χ1n) is 6.53. The molecule has 106 valence electrons. The third-order valence-electron chi connectivity index (χ3n) is 2.96. The van der Waals surface area contributed by atoms with Crippen LogP contribution < -0.4 is 5.32 Å². The Kier molecular flexibility index (Phi) is 3.79. The van der Waals surface area contributed by atoms with Gasteiger partial charge in [-0.3, -0.25) is 4.79 Å². The van der Waals surface area contributed by atoms with Crippen molar-refractivity contribution in [2.45, 2.75) is 13.3 Å². The van der Waals surface area contributed by atoms with Gasteiger partial charge >= 0.3 is 0 Å². The molecule has 0 bridgehead atoms. The third kappa shape index (κ3) is 3.35. The van der Waals surface area contributed by atoms with Crippen molar-refractivity contribution in [3.05, 3.63) is 60.0 Å². The van der Waals surface area contributed by atoms with Crippen molar-refractivity contribution in [1.29, 1.82) is 0 Å². The van der Waals surface area contributed by atoms with Crippen molar-refractivity contribution < 1.29 is 4.79 Å². The van der Waals surface area contributed by atoms with E-state index in [1.807, 2.05) is 49.5 Å². The van der Waals surface area contributed by atoms with Gasteiger partial charge in [0.2, 0.25) is 5.91 Å². The Morgan fingerprint density at radius 2 is 2.14 bits per heavy atom. The number of nitrogens with zero attached hydrogens (tertiary/aromatic N) is 3. The van der Waals surface area contributed by atoms with Crippen LogP contribution in [-0.2, 0) is 11.2 Å². The normalized spacial score (nSPS) is 10.5. The van der Waals surface area contributed by atoms with Crippen LogP contribution in [0.1, 0.15) is 11.3 Å². The molecule has 0 saturated heterocycles. The first-order valence-corrected chi connectivity index (χ1v) is 7.30. The fourth-order valence-corrected chi connectivity index (χ4v) is 2.66. The molecule has 1 amide bonds. The summed E-state index contributed by atoms with van der Waals surface area (Å²) in [5.41, 5.74) is 2.85. The van der Waals surface area contributed by atoms with E-state index in [9.17, 15) is 4.79 Å². The predicted octanol–water partition coefficient (Wildman–Crippen LogP) is 2.82.